The summed E-state index contributed by atoms with van der Waals surface area (Å²) in [7, 11) is 1.24. The minimum atomic E-state index is -2.70. The highest BCUT2D eigenvalue weighted by molar-refractivity contribution is 6.31. The fourth-order valence-electron chi connectivity index (χ4n) is 6.51. The number of rotatable bonds is 6. The van der Waals surface area contributed by atoms with Crippen molar-refractivity contribution in [1.82, 2.24) is 0 Å². The maximum absolute atomic E-state index is 13.7. The molecule has 0 aliphatic heterocycles. The first kappa shape index (κ1) is 28.8. The highest BCUT2D eigenvalue weighted by Crippen LogP contribution is 2.51. The number of phenolic OH excluding ortho intramolecular Hbond substituents is 1. The van der Waals surface area contributed by atoms with Gasteiger partial charge in [-0.25, -0.2) is 0 Å². The number of esters is 1. The molecule has 12 heteroatoms. The van der Waals surface area contributed by atoms with Crippen LogP contribution in [0.1, 0.15) is 41.6 Å². The number of aliphatic hydroxyl groups is 1. The van der Waals surface area contributed by atoms with Gasteiger partial charge in [0.25, 0.3) is 0 Å². The fourth-order valence-corrected chi connectivity index (χ4v) is 6.51. The van der Waals surface area contributed by atoms with Gasteiger partial charge in [0.1, 0.15) is 5.75 Å². The summed E-state index contributed by atoms with van der Waals surface area (Å²) in [6.45, 7) is 0. The SMILES string of the molecule is COC(=O)CCC(=O)Nc1ccc(-c2ccc(O)c3c2C[C@H]2C[C@H]4CC(=O)C(C(N)=O)C(=O)[C@@]4(O)C(=O)C2C3=O)cc1. The molecule has 5 N–H and O–H groups in total. The molecule has 3 aliphatic rings. The number of Topliss-reactive ketones (excluding diaryl/α,β-unsaturated/α-hetero) is 4. The normalized spacial score (nSPS) is 26.5. The number of carbonyl (C=O) groups is 7. The molecular formula is C30H28N2O10. The lowest BCUT2D eigenvalue weighted by molar-refractivity contribution is -0.175. The molecule has 0 heterocycles. The van der Waals surface area contributed by atoms with Crippen LogP contribution in [0, 0.1) is 23.7 Å². The molecule has 0 aromatic heterocycles. The lowest BCUT2D eigenvalue weighted by Crippen LogP contribution is -2.68. The highest BCUT2D eigenvalue weighted by Gasteiger charge is 2.66. The Morgan fingerprint density at radius 3 is 2.33 bits per heavy atom. The van der Waals surface area contributed by atoms with Gasteiger partial charge in [-0.1, -0.05) is 18.2 Å². The summed E-state index contributed by atoms with van der Waals surface area (Å²) in [5, 5.41) is 24.7. The molecule has 5 atom stereocenters. The van der Waals surface area contributed by atoms with Crippen LogP contribution in [0.15, 0.2) is 36.4 Å². The number of fused-ring (bicyclic) bond motifs is 3. The second-order valence-corrected chi connectivity index (χ2v) is 10.9. The van der Waals surface area contributed by atoms with Crippen molar-refractivity contribution in [2.45, 2.75) is 37.7 Å². The lowest BCUT2D eigenvalue weighted by atomic mass is 9.53. The molecule has 218 valence electrons. The molecular weight excluding hydrogens is 548 g/mol. The molecule has 12 nitrogen and oxygen atoms in total. The number of carbonyl (C=O) groups excluding carboxylic acids is 7. The second kappa shape index (κ2) is 10.6. The number of hydrogen-bond donors (Lipinski definition) is 4. The third kappa shape index (κ3) is 4.57. The Morgan fingerprint density at radius 1 is 1.00 bits per heavy atom. The first-order chi connectivity index (χ1) is 19.9. The van der Waals surface area contributed by atoms with E-state index < -0.39 is 70.7 Å². The number of hydrogen-bond acceptors (Lipinski definition) is 10. The van der Waals surface area contributed by atoms with E-state index in [4.69, 9.17) is 5.73 Å². The number of aromatic hydroxyl groups is 1. The zero-order chi connectivity index (χ0) is 30.5. The Balaban J connectivity index is 1.44. The Hall–Kier alpha value is -4.71. The smallest absolute Gasteiger partial charge is 0.306 e. The number of primary amides is 1. The van der Waals surface area contributed by atoms with E-state index in [0.29, 0.717) is 22.4 Å². The molecule has 0 radical (unpaired) electrons. The molecule has 0 saturated heterocycles. The topological polar surface area (TPSA) is 207 Å². The monoisotopic (exact) mass is 576 g/mol. The summed E-state index contributed by atoms with van der Waals surface area (Å²) >= 11 is 0. The van der Waals surface area contributed by atoms with Gasteiger partial charge >= 0.3 is 5.97 Å². The Kier molecular flexibility index (Phi) is 7.27. The van der Waals surface area contributed by atoms with Gasteiger partial charge in [-0.15, -0.1) is 0 Å². The first-order valence-corrected chi connectivity index (χ1v) is 13.4. The van der Waals surface area contributed by atoms with Crippen molar-refractivity contribution in [3.63, 3.8) is 0 Å². The zero-order valence-electron chi connectivity index (χ0n) is 22.5. The van der Waals surface area contributed by atoms with Crippen molar-refractivity contribution >= 4 is 46.6 Å². The average molecular weight is 577 g/mol. The number of benzene rings is 2. The molecule has 0 bridgehead atoms. The summed E-state index contributed by atoms with van der Waals surface area (Å²) in [5.74, 6) is -11.6. The van der Waals surface area contributed by atoms with Crippen molar-refractivity contribution < 1.29 is 48.5 Å². The summed E-state index contributed by atoms with van der Waals surface area (Å²) in [4.78, 5) is 88.1. The number of amides is 2. The molecule has 2 unspecified atom stereocenters. The van der Waals surface area contributed by atoms with Gasteiger partial charge in [0.15, 0.2) is 34.7 Å². The van der Waals surface area contributed by atoms with E-state index >= 15 is 0 Å². The Bertz CT molecular complexity index is 1560. The van der Waals surface area contributed by atoms with Gasteiger partial charge < -0.3 is 26.0 Å². The number of nitrogens with two attached hydrogens (primary N) is 1. The van der Waals surface area contributed by atoms with Gasteiger partial charge in [-0.05, 0) is 53.6 Å². The number of methoxy groups -OCH3 is 1. The van der Waals surface area contributed by atoms with Crippen molar-refractivity contribution in [2.24, 2.45) is 29.4 Å². The van der Waals surface area contributed by atoms with E-state index in [9.17, 15) is 43.8 Å². The quantitative estimate of drug-likeness (QED) is 0.282. The van der Waals surface area contributed by atoms with Crippen molar-refractivity contribution in [2.75, 3.05) is 12.4 Å². The van der Waals surface area contributed by atoms with E-state index in [-0.39, 0.29) is 42.9 Å². The van der Waals surface area contributed by atoms with Crippen molar-refractivity contribution in [3.8, 4) is 16.9 Å². The molecule has 2 amide bonds. The minimum absolute atomic E-state index is 0.00725. The van der Waals surface area contributed by atoms with Gasteiger partial charge in [-0.2, -0.15) is 0 Å². The van der Waals surface area contributed by atoms with Crippen LogP contribution in [0.25, 0.3) is 11.1 Å². The molecule has 42 heavy (non-hydrogen) atoms. The van der Waals surface area contributed by atoms with Crippen LogP contribution < -0.4 is 11.1 Å². The predicted molar refractivity (Wildman–Crippen MR) is 144 cm³/mol. The number of phenols is 1. The van der Waals surface area contributed by atoms with Crippen LogP contribution in [0.5, 0.6) is 5.75 Å². The van der Waals surface area contributed by atoms with Crippen LogP contribution in [-0.2, 0) is 39.9 Å². The first-order valence-electron chi connectivity index (χ1n) is 13.4. The van der Waals surface area contributed by atoms with Crippen LogP contribution in [0.4, 0.5) is 5.69 Å². The summed E-state index contributed by atoms with van der Waals surface area (Å²) in [6, 6.07) is 9.61. The minimum Gasteiger partial charge on any atom is -0.507 e. The maximum atomic E-state index is 13.7. The number of nitrogens with one attached hydrogen (secondary N) is 1. The standard InChI is InChI=1S/C30H28N2O10/c1-42-22(36)9-8-21(35)32-16-4-2-13(3-5-16)17-6-7-19(33)24-18(17)11-14-10-15-12-20(34)25(29(31)40)28(39)30(15,41)27(38)23(14)26(24)37/h2-7,14-15,23,25,33,41H,8-12H2,1H3,(H2,31,40)(H,32,35)/t14-,15+,23?,25?,30+/m1/s1. The van der Waals surface area contributed by atoms with Crippen LogP contribution >= 0.6 is 0 Å². The second-order valence-electron chi connectivity index (χ2n) is 10.9. The van der Waals surface area contributed by atoms with Gasteiger partial charge in [0.05, 0.1) is 25.0 Å². The molecule has 2 fully saturated rings. The van der Waals surface area contributed by atoms with E-state index in [0.717, 1.165) is 0 Å². The molecule has 2 aromatic rings. The van der Waals surface area contributed by atoms with E-state index in [1.807, 2.05) is 0 Å². The van der Waals surface area contributed by atoms with E-state index in [1.165, 1.54) is 13.2 Å². The lowest BCUT2D eigenvalue weighted by Gasteiger charge is -2.48. The average Bonchev–Trinajstić information content (AvgIpc) is 2.94. The fraction of sp³-hybridized carbons (Fsp3) is 0.367. The van der Waals surface area contributed by atoms with Crippen molar-refractivity contribution in [1.29, 1.82) is 0 Å². The van der Waals surface area contributed by atoms with Gasteiger partial charge in [0, 0.05) is 24.4 Å². The summed E-state index contributed by atoms with van der Waals surface area (Å²) in [5.41, 5.74) is 4.59. The number of ether oxygens (including phenoxy) is 1. The third-order valence-electron chi connectivity index (χ3n) is 8.55. The zero-order valence-corrected chi connectivity index (χ0v) is 22.5. The number of ketones is 4. The summed E-state index contributed by atoms with van der Waals surface area (Å²) < 4.78 is 4.53. The van der Waals surface area contributed by atoms with E-state index in [2.05, 4.69) is 10.1 Å². The highest BCUT2D eigenvalue weighted by atomic mass is 16.5. The van der Waals surface area contributed by atoms with Crippen LogP contribution in [0.2, 0.25) is 0 Å². The van der Waals surface area contributed by atoms with Crippen LogP contribution in [-0.4, -0.2) is 63.8 Å². The third-order valence-corrected chi connectivity index (χ3v) is 8.55. The largest absolute Gasteiger partial charge is 0.507 e. The molecule has 2 aromatic carbocycles. The molecule has 5 rings (SSSR count). The number of anilines is 1. The summed E-state index contributed by atoms with van der Waals surface area (Å²) in [6.07, 6.45) is -0.398. The maximum Gasteiger partial charge on any atom is 0.306 e. The molecule has 2 saturated carbocycles. The Morgan fingerprint density at radius 2 is 1.69 bits per heavy atom. The van der Waals surface area contributed by atoms with E-state index in [1.54, 1.807) is 30.3 Å². The predicted octanol–water partition coefficient (Wildman–Crippen LogP) is 0.886. The van der Waals surface area contributed by atoms with Gasteiger partial charge in [-0.3, -0.25) is 33.6 Å². The molecule has 0 spiro atoms. The van der Waals surface area contributed by atoms with Gasteiger partial charge in [0.2, 0.25) is 11.8 Å². The Labute approximate surface area is 239 Å². The molecule has 3 aliphatic carbocycles. The van der Waals surface area contributed by atoms with Crippen LogP contribution in [0.3, 0.4) is 0 Å². The van der Waals surface area contributed by atoms with Crippen molar-refractivity contribution in [3.05, 3.63) is 47.5 Å².